The van der Waals surface area contributed by atoms with E-state index < -0.39 is 0 Å². The van der Waals surface area contributed by atoms with Gasteiger partial charge in [-0.05, 0) is 12.1 Å². The molecule has 0 radical (unpaired) electrons. The third kappa shape index (κ3) is 2.66. The van der Waals surface area contributed by atoms with E-state index in [1.165, 1.54) is 12.2 Å². The monoisotopic (exact) mass is 230 g/mol. The van der Waals surface area contributed by atoms with Crippen LogP contribution in [-0.4, -0.2) is 12.2 Å². The lowest BCUT2D eigenvalue weighted by molar-refractivity contribution is 0.483. The lowest BCUT2D eigenvalue weighted by atomic mass is 10.3. The van der Waals surface area contributed by atoms with Gasteiger partial charge in [0.25, 0.3) is 0 Å². The van der Waals surface area contributed by atoms with Gasteiger partial charge in [0, 0.05) is 12.1 Å². The molecule has 0 aliphatic rings. The molecule has 0 amide bonds. The first-order chi connectivity index (χ1) is 8.31. The molecule has 17 heavy (non-hydrogen) atoms. The van der Waals surface area contributed by atoms with Crippen LogP contribution in [0.2, 0.25) is 0 Å². The van der Waals surface area contributed by atoms with Gasteiger partial charge in [0.2, 0.25) is 23.9 Å². The summed E-state index contributed by atoms with van der Waals surface area (Å²) < 4.78 is 10.4. The number of hydrogen-bond acceptors (Lipinski definition) is 6. The summed E-state index contributed by atoms with van der Waals surface area (Å²) in [6.07, 6.45) is 3.14. The highest BCUT2D eigenvalue weighted by Gasteiger charge is 2.06. The zero-order valence-electron chi connectivity index (χ0n) is 8.54. The highest BCUT2D eigenvalue weighted by molar-refractivity contribution is 5.44. The van der Waals surface area contributed by atoms with Crippen LogP contribution in [-0.2, 0) is 16.0 Å². The van der Waals surface area contributed by atoms with Crippen LogP contribution in [0.4, 0.5) is 11.8 Å². The minimum Gasteiger partial charge on any atom is -0.442 e. The van der Waals surface area contributed by atoms with E-state index in [-0.39, 0.29) is 11.8 Å². The molecule has 84 valence electrons. The number of nitrogens with zero attached hydrogens (tertiary/aromatic N) is 2. The van der Waals surface area contributed by atoms with Gasteiger partial charge in [0.15, 0.2) is 0 Å². The number of aliphatic imine (C=N–C) groups is 2. The lowest BCUT2D eigenvalue weighted by Gasteiger charge is -1.91. The van der Waals surface area contributed by atoms with Crippen LogP contribution in [0.15, 0.2) is 43.1 Å². The average Bonchev–Trinajstić information content (AvgIpc) is 2.91. The third-order valence-corrected chi connectivity index (χ3v) is 1.96. The molecule has 2 heterocycles. The minimum absolute atomic E-state index is 0.188. The maximum absolute atomic E-state index is 10.00. The summed E-state index contributed by atoms with van der Waals surface area (Å²) in [6.45, 7) is 0. The van der Waals surface area contributed by atoms with Gasteiger partial charge in [0.05, 0.1) is 6.42 Å². The largest absolute Gasteiger partial charge is 0.442 e. The van der Waals surface area contributed by atoms with Crippen LogP contribution < -0.4 is 0 Å². The quantitative estimate of drug-likeness (QED) is 0.596. The maximum Gasteiger partial charge on any atom is 0.243 e. The van der Waals surface area contributed by atoms with Crippen molar-refractivity contribution in [2.75, 3.05) is 0 Å². The number of hydrogen-bond donors (Lipinski definition) is 0. The normalized spacial score (nSPS) is 9.41. The van der Waals surface area contributed by atoms with Gasteiger partial charge in [-0.3, -0.25) is 0 Å². The summed E-state index contributed by atoms with van der Waals surface area (Å²) in [5.74, 6) is 1.53. The predicted octanol–water partition coefficient (Wildman–Crippen LogP) is 2.40. The summed E-state index contributed by atoms with van der Waals surface area (Å²) in [7, 11) is 0. The molecule has 0 spiro atoms. The highest BCUT2D eigenvalue weighted by Crippen LogP contribution is 2.22. The molecule has 6 heteroatoms. The molecule has 2 rings (SSSR count). The molecule has 2 aromatic heterocycles. The van der Waals surface area contributed by atoms with Crippen LogP contribution in [0.25, 0.3) is 0 Å². The van der Waals surface area contributed by atoms with Gasteiger partial charge in [-0.1, -0.05) is 0 Å². The van der Waals surface area contributed by atoms with Crippen molar-refractivity contribution in [1.82, 2.24) is 0 Å². The SMILES string of the molecule is O=C=Nc1ccc(Cc2ccc(N=C=O)o2)o1. The fourth-order valence-electron chi connectivity index (χ4n) is 1.31. The van der Waals surface area contributed by atoms with Gasteiger partial charge in [0.1, 0.15) is 11.5 Å². The van der Waals surface area contributed by atoms with Crippen molar-refractivity contribution in [3.63, 3.8) is 0 Å². The Morgan fingerprint density at radius 3 is 1.76 bits per heavy atom. The topological polar surface area (TPSA) is 85.1 Å². The summed E-state index contributed by atoms with van der Waals surface area (Å²) in [6, 6.07) is 6.43. The Balaban J connectivity index is 2.13. The van der Waals surface area contributed by atoms with Gasteiger partial charge in [-0.2, -0.15) is 0 Å². The molecule has 0 aliphatic heterocycles. The summed E-state index contributed by atoms with van der Waals surface area (Å²) in [5, 5.41) is 0. The Hall–Kier alpha value is -2.68. The van der Waals surface area contributed by atoms with Crippen LogP contribution in [0.3, 0.4) is 0 Å². The van der Waals surface area contributed by atoms with Gasteiger partial charge in [-0.25, -0.2) is 9.59 Å². The molecule has 0 unspecified atom stereocenters. The van der Waals surface area contributed by atoms with Crippen LogP contribution in [0.5, 0.6) is 0 Å². The van der Waals surface area contributed by atoms with Crippen molar-refractivity contribution in [2.45, 2.75) is 6.42 Å². The van der Waals surface area contributed by atoms with Crippen molar-refractivity contribution in [2.24, 2.45) is 9.98 Å². The number of carbonyl (C=O) groups excluding carboxylic acids is 2. The molecule has 0 bridgehead atoms. The van der Waals surface area contributed by atoms with E-state index in [9.17, 15) is 9.59 Å². The smallest absolute Gasteiger partial charge is 0.243 e. The molecular formula is C11H6N2O4. The first-order valence-electron chi connectivity index (χ1n) is 4.65. The van der Waals surface area contributed by atoms with Gasteiger partial charge < -0.3 is 8.83 Å². The molecule has 0 atom stereocenters. The molecule has 0 saturated heterocycles. The molecule has 2 aromatic rings. The van der Waals surface area contributed by atoms with Gasteiger partial charge in [-0.15, -0.1) is 9.98 Å². The Morgan fingerprint density at radius 2 is 1.35 bits per heavy atom. The summed E-state index contributed by atoms with van der Waals surface area (Å²) in [4.78, 5) is 26.7. The summed E-state index contributed by atoms with van der Waals surface area (Å²) >= 11 is 0. The number of furan rings is 2. The molecular weight excluding hydrogens is 224 g/mol. The van der Waals surface area contributed by atoms with Crippen LogP contribution in [0.1, 0.15) is 11.5 Å². The van der Waals surface area contributed by atoms with E-state index >= 15 is 0 Å². The molecule has 0 saturated carbocycles. The van der Waals surface area contributed by atoms with E-state index in [4.69, 9.17) is 8.83 Å². The fraction of sp³-hybridized carbons (Fsp3) is 0.0909. The Kier molecular flexibility index (Phi) is 3.12. The second-order valence-corrected chi connectivity index (χ2v) is 3.06. The fourth-order valence-corrected chi connectivity index (χ4v) is 1.31. The van der Waals surface area contributed by atoms with Crippen LogP contribution >= 0.6 is 0 Å². The molecule has 6 nitrogen and oxygen atoms in total. The molecule has 0 aromatic carbocycles. The highest BCUT2D eigenvalue weighted by atomic mass is 16.4. The molecule has 0 N–H and O–H groups in total. The van der Waals surface area contributed by atoms with Crippen molar-refractivity contribution in [1.29, 1.82) is 0 Å². The molecule has 0 aliphatic carbocycles. The maximum atomic E-state index is 10.00. The number of rotatable bonds is 4. The zero-order valence-corrected chi connectivity index (χ0v) is 8.54. The minimum atomic E-state index is 0.188. The Labute approximate surface area is 95.3 Å². The summed E-state index contributed by atoms with van der Waals surface area (Å²) in [5.41, 5.74) is 0. The van der Waals surface area contributed by atoms with E-state index in [2.05, 4.69) is 9.98 Å². The van der Waals surface area contributed by atoms with Gasteiger partial charge >= 0.3 is 0 Å². The standard InChI is InChI=1S/C11H6N2O4/c14-6-12-10-3-1-8(16-10)5-9-2-4-11(17-9)13-7-15/h1-4H,5H2. The Morgan fingerprint density at radius 1 is 0.882 bits per heavy atom. The van der Waals surface area contributed by atoms with Crippen molar-refractivity contribution < 1.29 is 18.4 Å². The van der Waals surface area contributed by atoms with E-state index in [0.29, 0.717) is 17.9 Å². The van der Waals surface area contributed by atoms with Crippen LogP contribution in [0, 0.1) is 0 Å². The second kappa shape index (κ2) is 4.90. The lowest BCUT2D eigenvalue weighted by Crippen LogP contribution is -1.80. The second-order valence-electron chi connectivity index (χ2n) is 3.06. The van der Waals surface area contributed by atoms with E-state index in [1.807, 2.05) is 0 Å². The molecule has 0 fully saturated rings. The predicted molar refractivity (Wildman–Crippen MR) is 55.8 cm³/mol. The van der Waals surface area contributed by atoms with E-state index in [0.717, 1.165) is 0 Å². The van der Waals surface area contributed by atoms with Crippen molar-refractivity contribution >= 4 is 23.9 Å². The zero-order chi connectivity index (χ0) is 12.1. The van der Waals surface area contributed by atoms with Crippen molar-refractivity contribution in [3.05, 3.63) is 35.8 Å². The third-order valence-electron chi connectivity index (χ3n) is 1.96. The van der Waals surface area contributed by atoms with Crippen molar-refractivity contribution in [3.8, 4) is 0 Å². The first-order valence-corrected chi connectivity index (χ1v) is 4.65. The Bertz CT molecular complexity index is 559. The van der Waals surface area contributed by atoms with E-state index in [1.54, 1.807) is 24.3 Å². The number of isocyanates is 2. The average molecular weight is 230 g/mol. The first kappa shape index (κ1) is 10.8.